The molecule has 0 radical (unpaired) electrons. The van der Waals surface area contributed by atoms with Crippen molar-refractivity contribution in [2.45, 2.75) is 379 Å². The molecule has 3 N–H and O–H groups in total. The third-order valence-electron chi connectivity index (χ3n) is 15.7. The molecular weight excluding hydrogens is 923 g/mol. The van der Waals surface area contributed by atoms with E-state index < -0.39 is 12.1 Å². The smallest absolute Gasteiger partial charge is 0.305 e. The molecule has 2 unspecified atom stereocenters. The number of rotatable bonds is 63. The Morgan fingerprint density at radius 3 is 1.01 bits per heavy atom. The fourth-order valence-electron chi connectivity index (χ4n) is 10.5. The number of nitrogens with one attached hydrogen (secondary N) is 1. The Hall–Kier alpha value is -1.92. The lowest BCUT2D eigenvalue weighted by atomic mass is 10.0. The number of amides is 1. The van der Waals surface area contributed by atoms with E-state index in [9.17, 15) is 19.8 Å². The van der Waals surface area contributed by atoms with Crippen molar-refractivity contribution < 1.29 is 24.5 Å². The van der Waals surface area contributed by atoms with Crippen molar-refractivity contribution in [3.8, 4) is 0 Å². The maximum atomic E-state index is 12.5. The van der Waals surface area contributed by atoms with Gasteiger partial charge in [0.05, 0.1) is 25.4 Å². The van der Waals surface area contributed by atoms with Gasteiger partial charge in [0.15, 0.2) is 0 Å². The molecule has 0 saturated carbocycles. The summed E-state index contributed by atoms with van der Waals surface area (Å²) in [5.41, 5.74) is 0. The molecule has 0 aromatic rings. The lowest BCUT2D eigenvalue weighted by Gasteiger charge is -2.20. The highest BCUT2D eigenvalue weighted by Crippen LogP contribution is 2.18. The summed E-state index contributed by atoms with van der Waals surface area (Å²) in [6.45, 7) is 4.92. The third-order valence-corrected chi connectivity index (χ3v) is 15.7. The maximum absolute atomic E-state index is 12.5. The monoisotopic (exact) mass is 1050 g/mol. The molecule has 0 aliphatic heterocycles. The van der Waals surface area contributed by atoms with Crippen LogP contribution in [0.5, 0.6) is 0 Å². The van der Waals surface area contributed by atoms with Gasteiger partial charge in [-0.25, -0.2) is 0 Å². The second-order valence-corrected chi connectivity index (χ2v) is 23.2. The van der Waals surface area contributed by atoms with E-state index in [0.29, 0.717) is 19.4 Å². The summed E-state index contributed by atoms with van der Waals surface area (Å²) in [5.74, 6) is -0.0650. The van der Waals surface area contributed by atoms with Crippen molar-refractivity contribution in [1.29, 1.82) is 0 Å². The molecule has 0 fully saturated rings. The summed E-state index contributed by atoms with van der Waals surface area (Å²) in [5, 5.41) is 23.1. The van der Waals surface area contributed by atoms with Crippen LogP contribution in [0.1, 0.15) is 367 Å². The SMILES string of the molecule is CCCCCCCCCCCCCCCC/C=C/C(O)C(CO)NC(=O)CCCCCCCCC/C=C\C/C=C\CCCCCCCCCCCOC(=O)CCCCCCCCCCCCCCCCCCCCC. The van der Waals surface area contributed by atoms with Crippen molar-refractivity contribution >= 4 is 11.9 Å². The molecule has 1 amide bonds. The van der Waals surface area contributed by atoms with Crippen LogP contribution in [-0.2, 0) is 14.3 Å². The minimum atomic E-state index is -0.851. The van der Waals surface area contributed by atoms with Crippen LogP contribution < -0.4 is 5.32 Å². The van der Waals surface area contributed by atoms with Crippen molar-refractivity contribution in [2.24, 2.45) is 0 Å². The van der Waals surface area contributed by atoms with Crippen LogP contribution in [0.2, 0.25) is 0 Å². The highest BCUT2D eigenvalue weighted by Gasteiger charge is 2.18. The van der Waals surface area contributed by atoms with Crippen LogP contribution in [0, 0.1) is 0 Å². The molecule has 0 spiro atoms. The largest absolute Gasteiger partial charge is 0.466 e. The number of carbonyl (C=O) groups excluding carboxylic acids is 2. The van der Waals surface area contributed by atoms with E-state index in [0.717, 1.165) is 57.8 Å². The van der Waals surface area contributed by atoms with Crippen molar-refractivity contribution in [1.82, 2.24) is 5.32 Å². The Morgan fingerprint density at radius 1 is 0.373 bits per heavy atom. The number of esters is 1. The molecule has 0 aliphatic carbocycles. The third kappa shape index (κ3) is 61.2. The number of ether oxygens (including phenoxy) is 1. The molecule has 0 aromatic heterocycles. The quantitative estimate of drug-likeness (QED) is 0.0320. The van der Waals surface area contributed by atoms with Crippen LogP contribution in [-0.4, -0.2) is 47.4 Å². The van der Waals surface area contributed by atoms with Gasteiger partial charge in [0.1, 0.15) is 0 Å². The summed E-state index contributed by atoms with van der Waals surface area (Å²) in [6.07, 6.45) is 82.0. The van der Waals surface area contributed by atoms with Crippen LogP contribution >= 0.6 is 0 Å². The molecule has 2 atom stereocenters. The lowest BCUT2D eigenvalue weighted by molar-refractivity contribution is -0.143. The van der Waals surface area contributed by atoms with Crippen molar-refractivity contribution in [3.63, 3.8) is 0 Å². The first-order chi connectivity index (χ1) is 37.0. The van der Waals surface area contributed by atoms with E-state index in [1.54, 1.807) is 6.08 Å². The molecule has 0 bridgehead atoms. The van der Waals surface area contributed by atoms with Gasteiger partial charge in [0.2, 0.25) is 5.91 Å². The molecule has 442 valence electrons. The first-order valence-corrected chi connectivity index (χ1v) is 33.8. The summed E-state index contributed by atoms with van der Waals surface area (Å²) >= 11 is 0. The van der Waals surface area contributed by atoms with Gasteiger partial charge in [-0.05, 0) is 64.2 Å². The topological polar surface area (TPSA) is 95.9 Å². The Bertz CT molecular complexity index is 1210. The number of unbranched alkanes of at least 4 members (excludes halogenated alkanes) is 48. The van der Waals surface area contributed by atoms with Gasteiger partial charge in [-0.3, -0.25) is 9.59 Å². The number of aliphatic hydroxyl groups is 2. The summed E-state index contributed by atoms with van der Waals surface area (Å²) < 4.78 is 5.50. The highest BCUT2D eigenvalue weighted by molar-refractivity contribution is 5.76. The van der Waals surface area contributed by atoms with Crippen LogP contribution in [0.25, 0.3) is 0 Å². The molecule has 75 heavy (non-hydrogen) atoms. The fourth-order valence-corrected chi connectivity index (χ4v) is 10.5. The zero-order valence-electron chi connectivity index (χ0n) is 50.5. The second-order valence-electron chi connectivity index (χ2n) is 23.2. The minimum Gasteiger partial charge on any atom is -0.466 e. The van der Waals surface area contributed by atoms with Crippen molar-refractivity contribution in [2.75, 3.05) is 13.2 Å². The number of allylic oxidation sites excluding steroid dienone is 5. The van der Waals surface area contributed by atoms with E-state index in [1.165, 1.54) is 283 Å². The van der Waals surface area contributed by atoms with Gasteiger partial charge in [0.25, 0.3) is 0 Å². The Morgan fingerprint density at radius 2 is 0.667 bits per heavy atom. The number of hydrogen-bond donors (Lipinski definition) is 3. The van der Waals surface area contributed by atoms with Crippen LogP contribution in [0.15, 0.2) is 36.5 Å². The van der Waals surface area contributed by atoms with Gasteiger partial charge in [-0.15, -0.1) is 0 Å². The van der Waals surface area contributed by atoms with Gasteiger partial charge >= 0.3 is 5.97 Å². The van der Waals surface area contributed by atoms with E-state index in [1.807, 2.05) is 6.08 Å². The van der Waals surface area contributed by atoms with Gasteiger partial charge in [-0.2, -0.15) is 0 Å². The lowest BCUT2D eigenvalue weighted by Crippen LogP contribution is -2.45. The minimum absolute atomic E-state index is 0.0116. The Labute approximate surface area is 468 Å². The van der Waals surface area contributed by atoms with E-state index in [2.05, 4.69) is 43.5 Å². The first-order valence-electron chi connectivity index (χ1n) is 33.8. The van der Waals surface area contributed by atoms with Crippen LogP contribution in [0.3, 0.4) is 0 Å². The number of aliphatic hydroxyl groups excluding tert-OH is 2. The molecule has 6 heteroatoms. The van der Waals surface area contributed by atoms with Gasteiger partial charge in [0, 0.05) is 12.8 Å². The van der Waals surface area contributed by atoms with Gasteiger partial charge < -0.3 is 20.3 Å². The normalized spacial score (nSPS) is 12.7. The summed E-state index contributed by atoms with van der Waals surface area (Å²) in [6, 6.07) is -0.636. The van der Waals surface area contributed by atoms with Crippen LogP contribution in [0.4, 0.5) is 0 Å². The van der Waals surface area contributed by atoms with E-state index >= 15 is 0 Å². The molecule has 0 heterocycles. The average molecular weight is 1050 g/mol. The molecule has 0 aliphatic rings. The second kappa shape index (κ2) is 64.6. The molecule has 6 nitrogen and oxygen atoms in total. The summed E-state index contributed by atoms with van der Waals surface area (Å²) in [4.78, 5) is 24.6. The number of hydrogen-bond acceptors (Lipinski definition) is 5. The van der Waals surface area contributed by atoms with E-state index in [-0.39, 0.29) is 18.5 Å². The molecular formula is C69H131NO5. The zero-order chi connectivity index (χ0) is 54.3. The Balaban J connectivity index is 3.44. The average Bonchev–Trinajstić information content (AvgIpc) is 3.41. The van der Waals surface area contributed by atoms with Crippen molar-refractivity contribution in [3.05, 3.63) is 36.5 Å². The standard InChI is InChI=1S/C69H131NO5/c1-3-5-7-9-11-13-15-17-19-21-27-31-35-39-43-47-51-55-59-63-69(74)75-64-60-56-52-48-44-40-36-32-29-26-24-22-23-25-28-30-34-38-42-46-50-54-58-62-68(73)70-66(65-71)67(72)61-57-53-49-45-41-37-33-20-18-16-14-12-10-8-6-4-2/h22,24-25,28,57,61,66-67,71-72H,3-21,23,26-27,29-56,58-60,62-65H2,1-2H3,(H,70,73)/b24-22-,28-25-,61-57+. The molecule has 0 aromatic carbocycles. The maximum Gasteiger partial charge on any atom is 0.305 e. The van der Waals surface area contributed by atoms with Gasteiger partial charge in [-0.1, -0.05) is 326 Å². The molecule has 0 saturated heterocycles. The van der Waals surface area contributed by atoms with E-state index in [4.69, 9.17) is 4.74 Å². The predicted octanol–water partition coefficient (Wildman–Crippen LogP) is 21.5. The molecule has 0 rings (SSSR count). The fraction of sp³-hybridized carbons (Fsp3) is 0.884. The zero-order valence-corrected chi connectivity index (χ0v) is 50.5. The Kier molecular flexibility index (Phi) is 63.0. The summed E-state index contributed by atoms with van der Waals surface area (Å²) in [7, 11) is 0. The number of carbonyl (C=O) groups is 2. The first kappa shape index (κ1) is 73.1. The predicted molar refractivity (Wildman–Crippen MR) is 329 cm³/mol. The highest BCUT2D eigenvalue weighted by atomic mass is 16.5.